The van der Waals surface area contributed by atoms with Gasteiger partial charge in [0.15, 0.2) is 0 Å². The first-order valence-corrected chi connectivity index (χ1v) is 11.8. The Balaban J connectivity index is 1.56. The molecule has 1 heterocycles. The molecule has 2 aromatic rings. The number of piperidine rings is 1. The van der Waals surface area contributed by atoms with E-state index in [1.807, 2.05) is 24.3 Å². The molecule has 0 atom stereocenters. The van der Waals surface area contributed by atoms with E-state index in [1.165, 1.54) is 11.4 Å². The number of carbonyl (C=O) groups is 1. The second kappa shape index (κ2) is 9.15. The Bertz CT molecular complexity index is 973. The van der Waals surface area contributed by atoms with Crippen LogP contribution >= 0.6 is 11.6 Å². The van der Waals surface area contributed by atoms with Gasteiger partial charge in [-0.2, -0.15) is 0 Å². The summed E-state index contributed by atoms with van der Waals surface area (Å²) in [5.74, 6) is -0.0876. The summed E-state index contributed by atoms with van der Waals surface area (Å²) >= 11 is 6.24. The van der Waals surface area contributed by atoms with Crippen molar-refractivity contribution in [1.29, 1.82) is 0 Å². The number of nitrogens with zero attached hydrogens (tertiary/aromatic N) is 2. The molecular weight excluding hydrogens is 410 g/mol. The van der Waals surface area contributed by atoms with Gasteiger partial charge in [0.05, 0.1) is 11.9 Å². The standard InChI is InChI=1S/C21H26ClN3O3S/c1-24(29(2,27)28)19-8-5-7-18(14-19)23-21(26)16-10-12-25(13-11-16)15-17-6-3-4-9-20(17)22/h3-9,14,16H,10-13,15H2,1-2H3,(H,23,26). The molecule has 0 aliphatic carbocycles. The van der Waals surface area contributed by atoms with Gasteiger partial charge in [-0.25, -0.2) is 8.42 Å². The summed E-state index contributed by atoms with van der Waals surface area (Å²) in [5, 5.41) is 3.70. The molecule has 156 valence electrons. The van der Waals surface area contributed by atoms with Gasteiger partial charge in [-0.1, -0.05) is 35.9 Å². The topological polar surface area (TPSA) is 69.7 Å². The summed E-state index contributed by atoms with van der Waals surface area (Å²) < 4.78 is 24.6. The zero-order valence-electron chi connectivity index (χ0n) is 16.6. The molecule has 0 spiro atoms. The van der Waals surface area contributed by atoms with E-state index in [9.17, 15) is 13.2 Å². The molecule has 1 N–H and O–H groups in total. The number of benzene rings is 2. The van der Waals surface area contributed by atoms with Crippen LogP contribution in [0, 0.1) is 5.92 Å². The number of sulfonamides is 1. The Morgan fingerprint density at radius 2 is 1.86 bits per heavy atom. The highest BCUT2D eigenvalue weighted by Gasteiger charge is 2.25. The van der Waals surface area contributed by atoms with Crippen molar-refractivity contribution in [2.24, 2.45) is 5.92 Å². The fourth-order valence-electron chi connectivity index (χ4n) is 3.44. The van der Waals surface area contributed by atoms with Crippen molar-refractivity contribution < 1.29 is 13.2 Å². The predicted octanol–water partition coefficient (Wildman–Crippen LogP) is 3.59. The van der Waals surface area contributed by atoms with Gasteiger partial charge in [0.25, 0.3) is 0 Å². The lowest BCUT2D eigenvalue weighted by molar-refractivity contribution is -0.121. The molecule has 8 heteroatoms. The minimum atomic E-state index is -3.35. The van der Waals surface area contributed by atoms with Crippen LogP contribution in [0.25, 0.3) is 0 Å². The summed E-state index contributed by atoms with van der Waals surface area (Å²) in [6, 6.07) is 14.7. The SMILES string of the molecule is CN(c1cccc(NC(=O)C2CCN(Cc3ccccc3Cl)CC2)c1)S(C)(=O)=O. The van der Waals surface area contributed by atoms with Crippen LogP contribution in [0.5, 0.6) is 0 Å². The fraction of sp³-hybridized carbons (Fsp3) is 0.381. The van der Waals surface area contributed by atoms with Crippen LogP contribution in [-0.4, -0.2) is 45.6 Å². The van der Waals surface area contributed by atoms with Crippen LogP contribution in [-0.2, 0) is 21.4 Å². The van der Waals surface area contributed by atoms with Crippen LogP contribution in [0.4, 0.5) is 11.4 Å². The average Bonchev–Trinajstić information content (AvgIpc) is 2.69. The zero-order valence-corrected chi connectivity index (χ0v) is 18.2. The van der Waals surface area contributed by atoms with Gasteiger partial charge in [0.2, 0.25) is 15.9 Å². The van der Waals surface area contributed by atoms with E-state index in [0.717, 1.165) is 49.3 Å². The van der Waals surface area contributed by atoms with Crippen molar-refractivity contribution in [1.82, 2.24) is 4.90 Å². The lowest BCUT2D eigenvalue weighted by Gasteiger charge is -2.31. The third-order valence-electron chi connectivity index (χ3n) is 5.28. The number of halogens is 1. The molecule has 0 radical (unpaired) electrons. The van der Waals surface area contributed by atoms with Crippen LogP contribution in [0.15, 0.2) is 48.5 Å². The normalized spacial score (nSPS) is 15.8. The van der Waals surface area contributed by atoms with Crippen LogP contribution < -0.4 is 9.62 Å². The maximum absolute atomic E-state index is 12.7. The van der Waals surface area contributed by atoms with Gasteiger partial charge in [-0.15, -0.1) is 0 Å². The molecule has 0 unspecified atom stereocenters. The number of anilines is 2. The molecule has 1 amide bonds. The summed E-state index contributed by atoms with van der Waals surface area (Å²) in [7, 11) is -1.86. The minimum Gasteiger partial charge on any atom is -0.326 e. The molecule has 0 aromatic heterocycles. The number of carbonyl (C=O) groups excluding carboxylic acids is 1. The Morgan fingerprint density at radius 3 is 2.52 bits per heavy atom. The van der Waals surface area contributed by atoms with Crippen molar-refractivity contribution in [2.45, 2.75) is 19.4 Å². The number of hydrogen-bond acceptors (Lipinski definition) is 4. The lowest BCUT2D eigenvalue weighted by atomic mass is 9.95. The predicted molar refractivity (Wildman–Crippen MR) is 118 cm³/mol. The molecule has 1 aliphatic heterocycles. The van der Waals surface area contributed by atoms with Crippen molar-refractivity contribution >= 4 is 38.9 Å². The molecule has 1 fully saturated rings. The third kappa shape index (κ3) is 5.72. The van der Waals surface area contributed by atoms with Crippen molar-refractivity contribution in [3.05, 3.63) is 59.1 Å². The Morgan fingerprint density at radius 1 is 1.17 bits per heavy atom. The first-order chi connectivity index (χ1) is 13.7. The molecule has 3 rings (SSSR count). The van der Waals surface area contributed by atoms with Crippen LogP contribution in [0.1, 0.15) is 18.4 Å². The summed E-state index contributed by atoms with van der Waals surface area (Å²) in [6.45, 7) is 2.45. The first kappa shape index (κ1) is 21.6. The summed E-state index contributed by atoms with van der Waals surface area (Å²) in [5.41, 5.74) is 2.21. The van der Waals surface area contributed by atoms with Gasteiger partial charge in [0.1, 0.15) is 0 Å². The number of likely N-dealkylation sites (tertiary alicyclic amines) is 1. The van der Waals surface area contributed by atoms with Crippen LogP contribution in [0.2, 0.25) is 5.02 Å². The van der Waals surface area contributed by atoms with Gasteiger partial charge < -0.3 is 5.32 Å². The average molecular weight is 436 g/mol. The maximum Gasteiger partial charge on any atom is 0.231 e. The number of rotatable bonds is 6. The van der Waals surface area contributed by atoms with Gasteiger partial charge in [-0.05, 0) is 55.8 Å². The second-order valence-corrected chi connectivity index (χ2v) is 9.83. The summed E-state index contributed by atoms with van der Waals surface area (Å²) in [4.78, 5) is 15.0. The van der Waals surface area contributed by atoms with Crippen molar-refractivity contribution in [3.63, 3.8) is 0 Å². The molecule has 1 aliphatic rings. The second-order valence-electron chi connectivity index (χ2n) is 7.41. The van der Waals surface area contributed by atoms with E-state index in [2.05, 4.69) is 10.2 Å². The minimum absolute atomic E-state index is 0.0263. The third-order valence-corrected chi connectivity index (χ3v) is 6.86. The Labute approximate surface area is 177 Å². The molecule has 6 nitrogen and oxygen atoms in total. The van der Waals surface area contributed by atoms with E-state index in [4.69, 9.17) is 11.6 Å². The van der Waals surface area contributed by atoms with E-state index in [-0.39, 0.29) is 11.8 Å². The monoisotopic (exact) mass is 435 g/mol. The van der Waals surface area contributed by atoms with E-state index in [1.54, 1.807) is 24.3 Å². The first-order valence-electron chi connectivity index (χ1n) is 9.54. The number of amides is 1. The number of nitrogens with one attached hydrogen (secondary N) is 1. The highest BCUT2D eigenvalue weighted by Crippen LogP contribution is 2.25. The molecule has 2 aromatic carbocycles. The highest BCUT2D eigenvalue weighted by molar-refractivity contribution is 7.92. The molecule has 0 bridgehead atoms. The molecular formula is C21H26ClN3O3S. The van der Waals surface area contributed by atoms with Crippen molar-refractivity contribution in [3.8, 4) is 0 Å². The smallest absolute Gasteiger partial charge is 0.231 e. The summed E-state index contributed by atoms with van der Waals surface area (Å²) in [6.07, 6.45) is 2.70. The van der Waals surface area contributed by atoms with E-state index < -0.39 is 10.0 Å². The molecule has 29 heavy (non-hydrogen) atoms. The van der Waals surface area contributed by atoms with Crippen LogP contribution in [0.3, 0.4) is 0 Å². The van der Waals surface area contributed by atoms with Crippen molar-refractivity contribution in [2.75, 3.05) is 36.0 Å². The maximum atomic E-state index is 12.7. The lowest BCUT2D eigenvalue weighted by Crippen LogP contribution is -2.37. The Hall–Kier alpha value is -2.09. The highest BCUT2D eigenvalue weighted by atomic mass is 35.5. The zero-order chi connectivity index (χ0) is 21.0. The fourth-order valence-corrected chi connectivity index (χ4v) is 4.13. The molecule has 0 saturated carbocycles. The molecule has 1 saturated heterocycles. The number of hydrogen-bond donors (Lipinski definition) is 1. The van der Waals surface area contributed by atoms with Gasteiger partial charge in [0, 0.05) is 30.2 Å². The Kier molecular flexibility index (Phi) is 6.82. The van der Waals surface area contributed by atoms with Gasteiger partial charge in [-0.3, -0.25) is 14.0 Å². The largest absolute Gasteiger partial charge is 0.326 e. The van der Waals surface area contributed by atoms with Gasteiger partial charge >= 0.3 is 0 Å². The van der Waals surface area contributed by atoms with E-state index in [0.29, 0.717) is 11.4 Å². The van der Waals surface area contributed by atoms with E-state index >= 15 is 0 Å². The quantitative estimate of drug-likeness (QED) is 0.752.